The van der Waals surface area contributed by atoms with Crippen molar-refractivity contribution in [2.75, 3.05) is 26.4 Å². The molecule has 0 saturated carbocycles. The van der Waals surface area contributed by atoms with E-state index in [1.54, 1.807) is 0 Å². The van der Waals surface area contributed by atoms with Gasteiger partial charge in [-0.25, -0.2) is 0 Å². The first-order chi connectivity index (χ1) is 5.83. The quantitative estimate of drug-likeness (QED) is 0.591. The van der Waals surface area contributed by atoms with E-state index >= 15 is 0 Å². The van der Waals surface area contributed by atoms with Gasteiger partial charge in [-0.1, -0.05) is 5.23 Å². The number of hydrogen-bond acceptors (Lipinski definition) is 5. The summed E-state index contributed by atoms with van der Waals surface area (Å²) in [6, 6.07) is -0.324. The van der Waals surface area contributed by atoms with Crippen LogP contribution in [0.2, 0.25) is 0 Å². The van der Waals surface area contributed by atoms with Crippen LogP contribution in [0.15, 0.2) is 0 Å². The first-order valence-corrected chi connectivity index (χ1v) is 4.22. The van der Waals surface area contributed by atoms with Gasteiger partial charge < -0.3 is 10.8 Å². The summed E-state index contributed by atoms with van der Waals surface area (Å²) in [5.74, 6) is 0. The fourth-order valence-electron chi connectivity index (χ4n) is 0.907. The van der Waals surface area contributed by atoms with Gasteiger partial charge in [-0.15, -0.1) is 0 Å². The van der Waals surface area contributed by atoms with Crippen molar-refractivity contribution in [3.63, 3.8) is 0 Å². The largest absolute Gasteiger partial charge is 0.395 e. The number of aliphatic hydroxyl groups excluding tert-OH is 1. The Labute approximate surface area is 72.0 Å². The molecule has 3 N–H and O–H groups in total. The number of nitrogens with two attached hydrogens (primary N) is 1. The second kappa shape index (κ2) is 5.45. The predicted octanol–water partition coefficient (Wildman–Crippen LogP) is -0.735. The third-order valence-corrected chi connectivity index (χ3v) is 1.64. The summed E-state index contributed by atoms with van der Waals surface area (Å²) >= 11 is 0. The minimum Gasteiger partial charge on any atom is -0.395 e. The van der Waals surface area contributed by atoms with Crippen molar-refractivity contribution in [2.24, 2.45) is 5.73 Å². The molecule has 1 fully saturated rings. The van der Waals surface area contributed by atoms with E-state index in [4.69, 9.17) is 20.5 Å². The van der Waals surface area contributed by atoms with Gasteiger partial charge in [0.2, 0.25) is 0 Å². The van der Waals surface area contributed by atoms with Crippen LogP contribution in [0.1, 0.15) is 12.8 Å². The van der Waals surface area contributed by atoms with E-state index in [2.05, 4.69) is 0 Å². The molecule has 0 aromatic rings. The van der Waals surface area contributed by atoms with Gasteiger partial charge in [-0.05, 0) is 12.8 Å². The monoisotopic (exact) mass is 176 g/mol. The van der Waals surface area contributed by atoms with Gasteiger partial charge in [0.15, 0.2) is 0 Å². The van der Waals surface area contributed by atoms with Gasteiger partial charge >= 0.3 is 0 Å². The van der Waals surface area contributed by atoms with Gasteiger partial charge in [-0.3, -0.25) is 9.68 Å². The average molecular weight is 176 g/mol. The molecule has 1 aliphatic rings. The fraction of sp³-hybridized carbons (Fsp3) is 1.00. The minimum absolute atomic E-state index is 0.0617. The lowest BCUT2D eigenvalue weighted by molar-refractivity contribution is -0.380. The molecule has 1 atom stereocenters. The topological polar surface area (TPSA) is 68.0 Å². The van der Waals surface area contributed by atoms with Crippen LogP contribution in [0.5, 0.6) is 0 Å². The maximum absolute atomic E-state index is 8.60. The molecule has 1 unspecified atom stereocenters. The Balaban J connectivity index is 2.05. The highest BCUT2D eigenvalue weighted by molar-refractivity contribution is 4.55. The zero-order chi connectivity index (χ0) is 8.81. The fourth-order valence-corrected chi connectivity index (χ4v) is 0.907. The Morgan fingerprint density at radius 3 is 3.00 bits per heavy atom. The molecule has 1 heterocycles. The van der Waals surface area contributed by atoms with Crippen molar-refractivity contribution in [2.45, 2.75) is 18.9 Å². The van der Waals surface area contributed by atoms with Gasteiger partial charge in [0.05, 0.1) is 32.4 Å². The Morgan fingerprint density at radius 1 is 1.58 bits per heavy atom. The second-order valence-electron chi connectivity index (χ2n) is 2.84. The van der Waals surface area contributed by atoms with Gasteiger partial charge in [0.1, 0.15) is 0 Å². The van der Waals surface area contributed by atoms with E-state index in [0.717, 1.165) is 19.4 Å². The lowest BCUT2D eigenvalue weighted by Gasteiger charge is -2.25. The number of hydrogen-bond donors (Lipinski definition) is 2. The number of rotatable bonds is 4. The zero-order valence-electron chi connectivity index (χ0n) is 7.11. The Bertz CT molecular complexity index is 117. The third-order valence-electron chi connectivity index (χ3n) is 1.64. The Kier molecular flexibility index (Phi) is 4.49. The summed E-state index contributed by atoms with van der Waals surface area (Å²) in [4.78, 5) is 10.3. The van der Waals surface area contributed by atoms with E-state index in [-0.39, 0.29) is 12.6 Å². The van der Waals surface area contributed by atoms with Crippen LogP contribution in [0.25, 0.3) is 0 Å². The molecule has 5 heteroatoms. The standard InChI is InChI=1S/C7H16N2O3/c8-7(5-10)6-12-9-3-1-2-4-11-9/h7,10H,1-6,8H2. The summed E-state index contributed by atoms with van der Waals surface area (Å²) in [7, 11) is 0. The maximum Gasteiger partial charge on any atom is 0.0885 e. The molecule has 0 aromatic carbocycles. The van der Waals surface area contributed by atoms with Crippen molar-refractivity contribution in [1.29, 1.82) is 0 Å². The van der Waals surface area contributed by atoms with Crippen molar-refractivity contribution in [3.8, 4) is 0 Å². The Hall–Kier alpha value is -0.200. The third kappa shape index (κ3) is 3.46. The molecule has 0 spiro atoms. The van der Waals surface area contributed by atoms with Gasteiger partial charge in [-0.2, -0.15) is 0 Å². The maximum atomic E-state index is 8.60. The van der Waals surface area contributed by atoms with Gasteiger partial charge in [0, 0.05) is 0 Å². The number of hydroxylamine groups is 2. The summed E-state index contributed by atoms with van der Waals surface area (Å²) in [6.07, 6.45) is 2.15. The molecule has 0 amide bonds. The molecule has 1 saturated heterocycles. The van der Waals surface area contributed by atoms with Crippen LogP contribution in [0.3, 0.4) is 0 Å². The van der Waals surface area contributed by atoms with Crippen LogP contribution >= 0.6 is 0 Å². The van der Waals surface area contributed by atoms with E-state index in [1.807, 2.05) is 0 Å². The Morgan fingerprint density at radius 2 is 2.42 bits per heavy atom. The van der Waals surface area contributed by atoms with Crippen molar-refractivity contribution in [1.82, 2.24) is 5.23 Å². The van der Waals surface area contributed by atoms with E-state index in [0.29, 0.717) is 13.2 Å². The molecular formula is C7H16N2O3. The highest BCUT2D eigenvalue weighted by atomic mass is 16.9. The first kappa shape index (κ1) is 9.88. The molecule has 12 heavy (non-hydrogen) atoms. The molecule has 0 aliphatic carbocycles. The lowest BCUT2D eigenvalue weighted by Crippen LogP contribution is -2.37. The molecule has 1 aliphatic heterocycles. The molecule has 0 radical (unpaired) electrons. The summed E-state index contributed by atoms with van der Waals surface area (Å²) in [6.45, 7) is 1.72. The average Bonchev–Trinajstić information content (AvgIpc) is 2.16. The molecule has 1 rings (SSSR count). The lowest BCUT2D eigenvalue weighted by atomic mass is 10.3. The summed E-state index contributed by atoms with van der Waals surface area (Å²) < 4.78 is 0. The van der Waals surface area contributed by atoms with Crippen LogP contribution < -0.4 is 5.73 Å². The van der Waals surface area contributed by atoms with Crippen LogP contribution in [0.4, 0.5) is 0 Å². The molecule has 0 aromatic heterocycles. The highest BCUT2D eigenvalue weighted by Gasteiger charge is 2.12. The molecule has 5 nitrogen and oxygen atoms in total. The molecule has 72 valence electrons. The van der Waals surface area contributed by atoms with Crippen LogP contribution in [-0.4, -0.2) is 42.7 Å². The number of aliphatic hydroxyl groups is 1. The van der Waals surface area contributed by atoms with Crippen LogP contribution in [-0.2, 0) is 9.68 Å². The van der Waals surface area contributed by atoms with E-state index < -0.39 is 0 Å². The zero-order valence-corrected chi connectivity index (χ0v) is 7.11. The molecular weight excluding hydrogens is 160 g/mol. The minimum atomic E-state index is -0.324. The van der Waals surface area contributed by atoms with Crippen molar-refractivity contribution < 1.29 is 14.8 Å². The summed E-state index contributed by atoms with van der Waals surface area (Å²) in [5, 5.41) is 10.0. The first-order valence-electron chi connectivity index (χ1n) is 4.22. The number of nitrogens with zero attached hydrogens (tertiary/aromatic N) is 1. The predicted molar refractivity (Wildman–Crippen MR) is 42.9 cm³/mol. The molecule has 0 bridgehead atoms. The van der Waals surface area contributed by atoms with E-state index in [9.17, 15) is 0 Å². The normalized spacial score (nSPS) is 22.5. The smallest absolute Gasteiger partial charge is 0.0885 e. The SMILES string of the molecule is NC(CO)CON1CCCCO1. The highest BCUT2D eigenvalue weighted by Crippen LogP contribution is 2.05. The van der Waals surface area contributed by atoms with Gasteiger partial charge in [0.25, 0.3) is 0 Å². The van der Waals surface area contributed by atoms with Crippen LogP contribution in [0, 0.1) is 0 Å². The van der Waals surface area contributed by atoms with Crippen molar-refractivity contribution in [3.05, 3.63) is 0 Å². The second-order valence-corrected chi connectivity index (χ2v) is 2.84. The summed E-state index contributed by atoms with van der Waals surface area (Å²) in [5.41, 5.74) is 5.43. The van der Waals surface area contributed by atoms with Crippen molar-refractivity contribution >= 4 is 0 Å². The van der Waals surface area contributed by atoms with E-state index in [1.165, 1.54) is 5.23 Å².